The summed E-state index contributed by atoms with van der Waals surface area (Å²) in [7, 11) is 0. The Bertz CT molecular complexity index is 323. The molecule has 0 saturated carbocycles. The molecule has 1 aromatic heterocycles. The molecular weight excluding hydrogens is 190 g/mol. The number of nitrogens with one attached hydrogen (secondary N) is 1. The first-order valence-electron chi connectivity index (χ1n) is 5.37. The molecule has 0 spiro atoms. The van der Waals surface area contributed by atoms with Crippen LogP contribution < -0.4 is 11.1 Å². The molecule has 0 aromatic carbocycles. The van der Waals surface area contributed by atoms with E-state index in [1.807, 2.05) is 0 Å². The van der Waals surface area contributed by atoms with Gasteiger partial charge >= 0.3 is 0 Å². The average Bonchev–Trinajstić information content (AvgIpc) is 2.30. The van der Waals surface area contributed by atoms with Crippen molar-refractivity contribution in [3.05, 3.63) is 24.0 Å². The van der Waals surface area contributed by atoms with Gasteiger partial charge in [-0.15, -0.1) is 0 Å². The summed E-state index contributed by atoms with van der Waals surface area (Å²) in [6.07, 6.45) is 4.97. The zero-order valence-corrected chi connectivity index (χ0v) is 8.69. The van der Waals surface area contributed by atoms with E-state index in [9.17, 15) is 5.11 Å². The minimum Gasteiger partial charge on any atom is -0.398 e. The fraction of sp³-hybridized carbons (Fsp3) is 0.545. The molecule has 4 heteroatoms. The van der Waals surface area contributed by atoms with Crippen LogP contribution in [0.5, 0.6) is 0 Å². The summed E-state index contributed by atoms with van der Waals surface area (Å²) >= 11 is 0. The predicted molar refractivity (Wildman–Crippen MR) is 59.2 cm³/mol. The highest BCUT2D eigenvalue weighted by atomic mass is 16.3. The SMILES string of the molecule is Nc1ccncc1C(O)C1CCCNC1. The summed E-state index contributed by atoms with van der Waals surface area (Å²) in [5.74, 6) is 0.255. The van der Waals surface area contributed by atoms with Gasteiger partial charge in [0, 0.05) is 36.1 Å². The van der Waals surface area contributed by atoms with Crippen molar-refractivity contribution in [2.75, 3.05) is 18.8 Å². The molecule has 1 aliphatic rings. The number of piperidine rings is 1. The Kier molecular flexibility index (Phi) is 3.18. The zero-order valence-electron chi connectivity index (χ0n) is 8.69. The number of aliphatic hydroxyl groups is 1. The topological polar surface area (TPSA) is 71.2 Å². The molecule has 0 bridgehead atoms. The van der Waals surface area contributed by atoms with E-state index in [2.05, 4.69) is 10.3 Å². The van der Waals surface area contributed by atoms with Gasteiger partial charge in [-0.1, -0.05) is 0 Å². The molecule has 2 unspecified atom stereocenters. The van der Waals surface area contributed by atoms with Crippen molar-refractivity contribution < 1.29 is 5.11 Å². The molecule has 1 aliphatic heterocycles. The van der Waals surface area contributed by atoms with Gasteiger partial charge in [-0.3, -0.25) is 4.98 Å². The number of pyridine rings is 1. The number of rotatable bonds is 2. The first-order valence-corrected chi connectivity index (χ1v) is 5.37. The largest absolute Gasteiger partial charge is 0.398 e. The molecule has 1 aromatic rings. The minimum atomic E-state index is -0.494. The zero-order chi connectivity index (χ0) is 10.7. The summed E-state index contributed by atoms with van der Waals surface area (Å²) in [6.45, 7) is 1.90. The highest BCUT2D eigenvalue weighted by Crippen LogP contribution is 2.29. The van der Waals surface area contributed by atoms with Crippen molar-refractivity contribution >= 4 is 5.69 Å². The maximum atomic E-state index is 10.2. The van der Waals surface area contributed by atoms with Crippen LogP contribution in [0.2, 0.25) is 0 Å². The Hall–Kier alpha value is -1.13. The summed E-state index contributed by atoms with van der Waals surface area (Å²) in [5, 5.41) is 13.4. The van der Waals surface area contributed by atoms with Gasteiger partial charge in [0.15, 0.2) is 0 Å². The number of hydrogen-bond donors (Lipinski definition) is 3. The Balaban J connectivity index is 2.12. The first-order chi connectivity index (χ1) is 7.29. The Morgan fingerprint density at radius 3 is 3.13 bits per heavy atom. The number of nitrogens with two attached hydrogens (primary N) is 1. The predicted octanol–water partition coefficient (Wildman–Crippen LogP) is 0.697. The van der Waals surface area contributed by atoms with Crippen molar-refractivity contribution in [2.45, 2.75) is 18.9 Å². The van der Waals surface area contributed by atoms with Crippen molar-refractivity contribution in [1.29, 1.82) is 0 Å². The molecule has 2 rings (SSSR count). The molecule has 0 radical (unpaired) electrons. The van der Waals surface area contributed by atoms with Crippen molar-refractivity contribution in [2.24, 2.45) is 5.92 Å². The number of nitrogens with zero attached hydrogens (tertiary/aromatic N) is 1. The summed E-state index contributed by atoms with van der Waals surface area (Å²) in [6, 6.07) is 1.73. The number of aliphatic hydroxyl groups excluding tert-OH is 1. The van der Waals surface area contributed by atoms with Crippen LogP contribution >= 0.6 is 0 Å². The van der Waals surface area contributed by atoms with Gasteiger partial charge in [0.2, 0.25) is 0 Å². The third-order valence-corrected chi connectivity index (χ3v) is 2.99. The van der Waals surface area contributed by atoms with Crippen LogP contribution in [-0.4, -0.2) is 23.2 Å². The standard InChI is InChI=1S/C11H17N3O/c12-10-3-5-14-7-9(10)11(15)8-2-1-4-13-6-8/h3,5,7-8,11,13,15H,1-2,4,6H2,(H2,12,14). The maximum absolute atomic E-state index is 10.2. The van der Waals surface area contributed by atoms with E-state index in [0.29, 0.717) is 5.69 Å². The minimum absolute atomic E-state index is 0.255. The van der Waals surface area contributed by atoms with E-state index in [0.717, 1.165) is 31.5 Å². The lowest BCUT2D eigenvalue weighted by molar-refractivity contribution is 0.0925. The van der Waals surface area contributed by atoms with Crippen LogP contribution in [0.1, 0.15) is 24.5 Å². The molecular formula is C11H17N3O. The lowest BCUT2D eigenvalue weighted by Gasteiger charge is -2.27. The van der Waals surface area contributed by atoms with E-state index in [1.165, 1.54) is 0 Å². The average molecular weight is 207 g/mol. The van der Waals surface area contributed by atoms with Crippen LogP contribution in [0.3, 0.4) is 0 Å². The van der Waals surface area contributed by atoms with Crippen molar-refractivity contribution in [3.63, 3.8) is 0 Å². The van der Waals surface area contributed by atoms with Gasteiger partial charge in [0.25, 0.3) is 0 Å². The second-order valence-corrected chi connectivity index (χ2v) is 4.06. The van der Waals surface area contributed by atoms with Crippen LogP contribution in [0.4, 0.5) is 5.69 Å². The summed E-state index contributed by atoms with van der Waals surface area (Å²) in [4.78, 5) is 4.00. The van der Waals surface area contributed by atoms with Crippen molar-refractivity contribution in [1.82, 2.24) is 10.3 Å². The van der Waals surface area contributed by atoms with Gasteiger partial charge in [-0.05, 0) is 25.5 Å². The molecule has 2 heterocycles. The molecule has 82 valence electrons. The monoisotopic (exact) mass is 207 g/mol. The van der Waals surface area contributed by atoms with Crippen LogP contribution in [-0.2, 0) is 0 Å². The fourth-order valence-electron chi connectivity index (χ4n) is 2.07. The maximum Gasteiger partial charge on any atom is 0.0865 e. The molecule has 2 atom stereocenters. The third kappa shape index (κ3) is 2.27. The van der Waals surface area contributed by atoms with E-state index in [1.54, 1.807) is 18.5 Å². The van der Waals surface area contributed by atoms with E-state index >= 15 is 0 Å². The Labute approximate surface area is 89.5 Å². The first kappa shape index (κ1) is 10.4. The summed E-state index contributed by atoms with van der Waals surface area (Å²) < 4.78 is 0. The number of anilines is 1. The highest BCUT2D eigenvalue weighted by molar-refractivity contribution is 5.45. The van der Waals surface area contributed by atoms with Gasteiger partial charge < -0.3 is 16.2 Å². The molecule has 1 fully saturated rings. The van der Waals surface area contributed by atoms with Crippen LogP contribution in [0, 0.1) is 5.92 Å². The Morgan fingerprint density at radius 2 is 2.47 bits per heavy atom. The van der Waals surface area contributed by atoms with Gasteiger partial charge in [-0.25, -0.2) is 0 Å². The quantitative estimate of drug-likeness (QED) is 0.667. The number of nitrogen functional groups attached to an aromatic ring is 1. The smallest absolute Gasteiger partial charge is 0.0865 e. The normalized spacial score (nSPS) is 23.7. The molecule has 4 N–H and O–H groups in total. The van der Waals surface area contributed by atoms with E-state index in [-0.39, 0.29) is 5.92 Å². The Morgan fingerprint density at radius 1 is 1.60 bits per heavy atom. The molecule has 0 aliphatic carbocycles. The van der Waals surface area contributed by atoms with Crippen LogP contribution in [0.15, 0.2) is 18.5 Å². The molecule has 1 saturated heterocycles. The lowest BCUT2D eigenvalue weighted by Crippen LogP contribution is -2.33. The second-order valence-electron chi connectivity index (χ2n) is 4.06. The highest BCUT2D eigenvalue weighted by Gasteiger charge is 2.24. The van der Waals surface area contributed by atoms with Gasteiger partial charge in [-0.2, -0.15) is 0 Å². The third-order valence-electron chi connectivity index (χ3n) is 2.99. The second kappa shape index (κ2) is 4.59. The lowest BCUT2D eigenvalue weighted by atomic mass is 9.89. The summed E-state index contributed by atoms with van der Waals surface area (Å²) in [5.41, 5.74) is 7.19. The van der Waals surface area contributed by atoms with Gasteiger partial charge in [0.1, 0.15) is 0 Å². The van der Waals surface area contributed by atoms with E-state index < -0.39 is 6.10 Å². The van der Waals surface area contributed by atoms with Crippen molar-refractivity contribution in [3.8, 4) is 0 Å². The van der Waals surface area contributed by atoms with Gasteiger partial charge in [0.05, 0.1) is 6.10 Å². The van der Waals surface area contributed by atoms with E-state index in [4.69, 9.17) is 5.73 Å². The molecule has 0 amide bonds. The number of aromatic nitrogens is 1. The number of hydrogen-bond acceptors (Lipinski definition) is 4. The van der Waals surface area contributed by atoms with Crippen LogP contribution in [0.25, 0.3) is 0 Å². The fourth-order valence-corrected chi connectivity index (χ4v) is 2.07. The molecule has 4 nitrogen and oxygen atoms in total. The molecule has 15 heavy (non-hydrogen) atoms.